The molecule has 0 spiro atoms. The zero-order valence-electron chi connectivity index (χ0n) is 15.5. The Kier molecular flexibility index (Phi) is 6.00. The van der Waals surface area contributed by atoms with Crippen LogP contribution >= 0.6 is 0 Å². The van der Waals surface area contributed by atoms with Crippen LogP contribution in [0.5, 0.6) is 0 Å². The van der Waals surface area contributed by atoms with Crippen molar-refractivity contribution in [1.29, 1.82) is 5.39 Å². The van der Waals surface area contributed by atoms with Crippen LogP contribution in [0.15, 0.2) is 66.6 Å². The van der Waals surface area contributed by atoms with Gasteiger partial charge in [0.2, 0.25) is 11.3 Å². The lowest BCUT2D eigenvalue weighted by Gasteiger charge is -2.25. The van der Waals surface area contributed by atoms with Gasteiger partial charge in [0.25, 0.3) is 11.8 Å². The largest absolute Gasteiger partial charge is 0.505 e. The zero-order chi connectivity index (χ0) is 20.8. The Morgan fingerprint density at radius 3 is 2.24 bits per heavy atom. The van der Waals surface area contributed by atoms with E-state index in [0.717, 1.165) is 16.7 Å². The molecule has 1 aliphatic heterocycles. The predicted molar refractivity (Wildman–Crippen MR) is 104 cm³/mol. The second kappa shape index (κ2) is 8.80. The summed E-state index contributed by atoms with van der Waals surface area (Å²) < 4.78 is 0. The van der Waals surface area contributed by atoms with Crippen LogP contribution in [0.3, 0.4) is 0 Å². The Labute approximate surface area is 167 Å². The number of aliphatic hydroxyl groups excluding tert-OH is 1. The third-order valence-corrected chi connectivity index (χ3v) is 4.60. The number of carbonyl (C=O) groups excluding carboxylic acids is 3. The van der Waals surface area contributed by atoms with Crippen molar-refractivity contribution in [2.75, 3.05) is 6.54 Å². The molecule has 146 valence electrons. The van der Waals surface area contributed by atoms with Crippen LogP contribution in [-0.2, 0) is 11.2 Å². The van der Waals surface area contributed by atoms with E-state index >= 15 is 0 Å². The molecule has 0 aromatic heterocycles. The highest BCUT2D eigenvalue weighted by atomic mass is 16.3. The van der Waals surface area contributed by atoms with Crippen molar-refractivity contribution in [3.8, 4) is 0 Å². The molecule has 2 aromatic carbocycles. The minimum Gasteiger partial charge on any atom is -0.505 e. The highest BCUT2D eigenvalue weighted by molar-refractivity contribution is 6.22. The van der Waals surface area contributed by atoms with Gasteiger partial charge in [-0.3, -0.25) is 19.3 Å². The van der Waals surface area contributed by atoms with E-state index in [1.165, 1.54) is 0 Å². The minimum absolute atomic E-state index is 0.0377. The molecule has 0 bridgehead atoms. The summed E-state index contributed by atoms with van der Waals surface area (Å²) in [6, 6.07) is 14.5. The van der Waals surface area contributed by atoms with Crippen molar-refractivity contribution >= 4 is 17.7 Å². The summed E-state index contributed by atoms with van der Waals surface area (Å²) >= 11 is 0. The highest BCUT2D eigenvalue weighted by Gasteiger charge is 2.42. The number of carbonyl (C=O) groups is 3. The molecule has 8 heteroatoms. The number of imide groups is 1. The van der Waals surface area contributed by atoms with Gasteiger partial charge < -0.3 is 10.4 Å². The molecule has 2 N–H and O–H groups in total. The van der Waals surface area contributed by atoms with Crippen molar-refractivity contribution < 1.29 is 19.5 Å². The molecule has 8 nitrogen and oxygen atoms in total. The van der Waals surface area contributed by atoms with Gasteiger partial charge in [-0.25, -0.2) is 0 Å². The SMILES string of the molecule is N#[N+]C=C(O)CCNC(=O)[C@@H](Cc1ccccc1)N1C(=O)c2ccccc2C1=O. The lowest BCUT2D eigenvalue weighted by atomic mass is 10.0. The number of benzene rings is 2. The number of nitrogens with zero attached hydrogens (tertiary/aromatic N) is 3. The number of aliphatic hydroxyl groups is 1. The molecule has 1 atom stereocenters. The van der Waals surface area contributed by atoms with Crippen molar-refractivity contribution in [2.24, 2.45) is 0 Å². The van der Waals surface area contributed by atoms with Crippen LogP contribution in [0, 0.1) is 5.39 Å². The van der Waals surface area contributed by atoms with E-state index < -0.39 is 23.8 Å². The average molecular weight is 391 g/mol. The third-order valence-electron chi connectivity index (χ3n) is 4.60. The molecule has 3 amide bonds. The second-order valence-electron chi connectivity index (χ2n) is 6.51. The third kappa shape index (κ3) is 4.30. The van der Waals surface area contributed by atoms with Gasteiger partial charge in [0.05, 0.1) is 11.1 Å². The summed E-state index contributed by atoms with van der Waals surface area (Å²) in [5.41, 5.74) is 1.34. The van der Waals surface area contributed by atoms with Gasteiger partial charge >= 0.3 is 6.20 Å². The van der Waals surface area contributed by atoms with Crippen LogP contribution in [0.2, 0.25) is 0 Å². The maximum absolute atomic E-state index is 12.9. The average Bonchev–Trinajstić information content (AvgIpc) is 2.98. The molecule has 2 aromatic rings. The lowest BCUT2D eigenvalue weighted by molar-refractivity contribution is -0.125. The molecule has 0 unspecified atom stereocenters. The van der Waals surface area contributed by atoms with E-state index in [1.807, 2.05) is 30.3 Å². The van der Waals surface area contributed by atoms with Gasteiger partial charge in [-0.05, 0) is 17.7 Å². The van der Waals surface area contributed by atoms with Gasteiger partial charge in [-0.1, -0.05) is 42.5 Å². The second-order valence-corrected chi connectivity index (χ2v) is 6.51. The Hall–Kier alpha value is -3.99. The molecule has 0 saturated carbocycles. The Morgan fingerprint density at radius 2 is 1.66 bits per heavy atom. The van der Waals surface area contributed by atoms with Crippen molar-refractivity contribution in [1.82, 2.24) is 10.2 Å². The van der Waals surface area contributed by atoms with Crippen LogP contribution in [0.25, 0.3) is 4.98 Å². The van der Waals surface area contributed by atoms with E-state index in [9.17, 15) is 19.5 Å². The first-order chi connectivity index (χ1) is 14.0. The number of hydrogen-bond acceptors (Lipinski definition) is 5. The molecule has 0 radical (unpaired) electrons. The molecular weight excluding hydrogens is 372 g/mol. The van der Waals surface area contributed by atoms with E-state index in [0.29, 0.717) is 0 Å². The summed E-state index contributed by atoms with van der Waals surface area (Å²) in [5, 5.41) is 20.5. The van der Waals surface area contributed by atoms with Gasteiger partial charge in [0.1, 0.15) is 6.04 Å². The van der Waals surface area contributed by atoms with Crippen LogP contribution < -0.4 is 5.32 Å². The van der Waals surface area contributed by atoms with E-state index in [2.05, 4.69) is 10.3 Å². The minimum atomic E-state index is -1.04. The molecule has 3 rings (SSSR count). The van der Waals surface area contributed by atoms with Gasteiger partial charge in [-0.15, -0.1) is 0 Å². The van der Waals surface area contributed by atoms with Crippen LogP contribution in [0.4, 0.5) is 0 Å². The fourth-order valence-corrected chi connectivity index (χ4v) is 3.19. The normalized spacial score (nSPS) is 14.3. The standard InChI is InChI=1S/C21H18N4O4/c22-24-13-15(26)10-11-23-19(27)18(12-14-6-2-1-3-7-14)25-20(28)16-8-4-5-9-17(16)21(25)29/h1-9,13,18H,10-12H2,(H-,23,26,27)/p+1/t18-/m1/s1. The van der Waals surface area contributed by atoms with E-state index in [4.69, 9.17) is 5.39 Å². The van der Waals surface area contributed by atoms with Crippen molar-refractivity contribution in [3.05, 3.63) is 88.2 Å². The smallest absolute Gasteiger partial charge is 0.387 e. The predicted octanol–water partition coefficient (Wildman–Crippen LogP) is 2.65. The summed E-state index contributed by atoms with van der Waals surface area (Å²) in [7, 11) is 0. The maximum Gasteiger partial charge on any atom is 0.387 e. The number of fused-ring (bicyclic) bond motifs is 1. The fraction of sp³-hybridized carbons (Fsp3) is 0.190. The molecule has 0 fully saturated rings. The monoisotopic (exact) mass is 391 g/mol. The number of diazo groups is 1. The number of hydrogen-bond donors (Lipinski definition) is 2. The Morgan fingerprint density at radius 1 is 1.07 bits per heavy atom. The zero-order valence-corrected chi connectivity index (χ0v) is 15.5. The first kappa shape index (κ1) is 19.8. The quantitative estimate of drug-likeness (QED) is 0.428. The first-order valence-electron chi connectivity index (χ1n) is 9.03. The Bertz CT molecular complexity index is 976. The topological polar surface area (TPSA) is 115 Å². The Balaban J connectivity index is 1.83. The molecule has 0 saturated heterocycles. The first-order valence-corrected chi connectivity index (χ1v) is 9.03. The highest BCUT2D eigenvalue weighted by Crippen LogP contribution is 2.26. The van der Waals surface area contributed by atoms with E-state index in [-0.39, 0.29) is 36.3 Å². The summed E-state index contributed by atoms with van der Waals surface area (Å²) in [6.45, 7) is 0.0468. The molecule has 0 aliphatic carbocycles. The summed E-state index contributed by atoms with van der Waals surface area (Å²) in [5.74, 6) is -1.75. The number of rotatable bonds is 7. The molecular formula is C21H19N4O4+. The van der Waals surface area contributed by atoms with Crippen molar-refractivity contribution in [3.63, 3.8) is 0 Å². The van der Waals surface area contributed by atoms with Crippen LogP contribution in [-0.4, -0.2) is 40.3 Å². The summed E-state index contributed by atoms with van der Waals surface area (Å²) in [4.78, 5) is 42.3. The maximum atomic E-state index is 12.9. The van der Waals surface area contributed by atoms with E-state index in [1.54, 1.807) is 24.3 Å². The lowest BCUT2D eigenvalue weighted by Crippen LogP contribution is -2.51. The fourth-order valence-electron chi connectivity index (χ4n) is 3.19. The van der Waals surface area contributed by atoms with Gasteiger partial charge in [0, 0.05) is 19.4 Å². The van der Waals surface area contributed by atoms with Gasteiger partial charge in [-0.2, -0.15) is 0 Å². The van der Waals surface area contributed by atoms with Gasteiger partial charge in [0.15, 0.2) is 10.7 Å². The molecule has 1 aliphatic rings. The van der Waals surface area contributed by atoms with Crippen molar-refractivity contribution in [2.45, 2.75) is 18.9 Å². The summed E-state index contributed by atoms with van der Waals surface area (Å²) in [6.07, 6.45) is 1.06. The van der Waals surface area contributed by atoms with Crippen LogP contribution in [0.1, 0.15) is 32.7 Å². The number of nitrogens with one attached hydrogen (secondary N) is 1. The molecule has 1 heterocycles. The number of amides is 3. The molecule has 29 heavy (non-hydrogen) atoms.